The van der Waals surface area contributed by atoms with E-state index in [0.29, 0.717) is 0 Å². The Labute approximate surface area is 138 Å². The van der Waals surface area contributed by atoms with E-state index in [1.165, 1.54) is 20.8 Å². The topological polar surface area (TPSA) is 69.7 Å². The lowest BCUT2D eigenvalue weighted by molar-refractivity contribution is -0.164. The first-order chi connectivity index (χ1) is 10.8. The quantitative estimate of drug-likeness (QED) is 0.438. The van der Waals surface area contributed by atoms with Gasteiger partial charge in [-0.05, 0) is 39.2 Å². The van der Waals surface area contributed by atoms with Crippen LogP contribution < -0.4 is 0 Å². The van der Waals surface area contributed by atoms with Crippen molar-refractivity contribution in [2.75, 3.05) is 0 Å². The van der Waals surface area contributed by atoms with Gasteiger partial charge in [-0.1, -0.05) is 30.3 Å². The number of aryl methyl sites for hydroxylation is 1. The average molecular weight is 368 g/mol. The van der Waals surface area contributed by atoms with Crippen LogP contribution in [0.25, 0.3) is 0 Å². The van der Waals surface area contributed by atoms with Crippen LogP contribution in [0.2, 0.25) is 0 Å². The number of carbonyl (C=O) groups excluding carboxylic acids is 1. The Morgan fingerprint density at radius 3 is 2.12 bits per heavy atom. The van der Waals surface area contributed by atoms with E-state index >= 15 is 0 Å². The van der Waals surface area contributed by atoms with Gasteiger partial charge in [-0.2, -0.15) is 21.6 Å². The fraction of sp³-hybridized carbons (Fsp3) is 0.533. The zero-order valence-electron chi connectivity index (χ0n) is 13.5. The molecule has 0 saturated heterocycles. The van der Waals surface area contributed by atoms with Gasteiger partial charge < -0.3 is 4.74 Å². The molecule has 0 radical (unpaired) electrons. The highest BCUT2D eigenvalue weighted by Gasteiger charge is 2.49. The molecule has 0 heterocycles. The fourth-order valence-electron chi connectivity index (χ4n) is 1.72. The first-order valence-electron chi connectivity index (χ1n) is 7.08. The van der Waals surface area contributed by atoms with Crippen molar-refractivity contribution in [1.82, 2.24) is 0 Å². The van der Waals surface area contributed by atoms with Crippen LogP contribution in [0.1, 0.15) is 32.8 Å². The summed E-state index contributed by atoms with van der Waals surface area (Å²) < 4.78 is 68.9. The number of rotatable bonds is 6. The predicted octanol–water partition coefficient (Wildman–Crippen LogP) is 3.20. The third-order valence-corrected chi connectivity index (χ3v) is 3.79. The van der Waals surface area contributed by atoms with E-state index in [9.17, 15) is 26.4 Å². The third kappa shape index (κ3) is 6.48. The molecule has 1 aromatic rings. The van der Waals surface area contributed by atoms with E-state index in [1.54, 1.807) is 30.3 Å². The van der Waals surface area contributed by atoms with Gasteiger partial charge in [0.2, 0.25) is 0 Å². The number of carbonyl (C=O) groups is 1. The van der Waals surface area contributed by atoms with E-state index in [4.69, 9.17) is 4.74 Å². The molecule has 1 unspecified atom stereocenters. The van der Waals surface area contributed by atoms with Gasteiger partial charge in [0.15, 0.2) is 6.10 Å². The Kier molecular flexibility index (Phi) is 6.40. The van der Waals surface area contributed by atoms with Crippen molar-refractivity contribution in [1.29, 1.82) is 0 Å². The molecule has 1 rings (SSSR count). The van der Waals surface area contributed by atoms with E-state index in [2.05, 4.69) is 4.18 Å². The standard InChI is InChI=1S/C15H19F3O5S/c1-14(2,3)22-13(19)12(23-24(20,21)15(16,17)18)10-9-11-7-5-4-6-8-11/h4-8,12H,9-10H2,1-3H3. The molecule has 0 aromatic heterocycles. The first-order valence-corrected chi connectivity index (χ1v) is 8.49. The fourth-order valence-corrected chi connectivity index (χ4v) is 2.31. The van der Waals surface area contributed by atoms with Gasteiger partial charge in [-0.3, -0.25) is 0 Å². The lowest BCUT2D eigenvalue weighted by Gasteiger charge is -2.24. The van der Waals surface area contributed by atoms with Crippen LogP contribution >= 0.6 is 0 Å². The summed E-state index contributed by atoms with van der Waals surface area (Å²) in [5.74, 6) is -1.16. The second-order valence-electron chi connectivity index (χ2n) is 6.04. The molecular formula is C15H19F3O5S. The number of alkyl halides is 3. The maximum atomic E-state index is 12.5. The van der Waals surface area contributed by atoms with Crippen molar-refractivity contribution in [3.05, 3.63) is 35.9 Å². The number of hydrogen-bond acceptors (Lipinski definition) is 5. The summed E-state index contributed by atoms with van der Waals surface area (Å²) in [6, 6.07) is 8.57. The maximum absolute atomic E-state index is 12.5. The van der Waals surface area contributed by atoms with Crippen LogP contribution in [0.15, 0.2) is 30.3 Å². The highest BCUT2D eigenvalue weighted by Crippen LogP contribution is 2.27. The Bertz CT molecular complexity index is 648. The van der Waals surface area contributed by atoms with Crippen LogP contribution in [-0.4, -0.2) is 31.6 Å². The average Bonchev–Trinajstić information content (AvgIpc) is 2.41. The summed E-state index contributed by atoms with van der Waals surface area (Å²) in [5.41, 5.74) is -5.88. The van der Waals surface area contributed by atoms with Gasteiger partial charge >= 0.3 is 21.6 Å². The van der Waals surface area contributed by atoms with Gasteiger partial charge in [0.1, 0.15) is 5.60 Å². The predicted molar refractivity (Wildman–Crippen MR) is 80.5 cm³/mol. The SMILES string of the molecule is CC(C)(C)OC(=O)C(CCc1ccccc1)OS(=O)(=O)C(F)(F)F. The van der Waals surface area contributed by atoms with Crippen molar-refractivity contribution in [3.8, 4) is 0 Å². The van der Waals surface area contributed by atoms with Crippen molar-refractivity contribution in [2.24, 2.45) is 0 Å². The molecule has 0 fully saturated rings. The van der Waals surface area contributed by atoms with E-state index in [1.807, 2.05) is 0 Å². The molecule has 1 atom stereocenters. The largest absolute Gasteiger partial charge is 0.523 e. The monoisotopic (exact) mass is 368 g/mol. The van der Waals surface area contributed by atoms with Gasteiger partial charge in [0, 0.05) is 0 Å². The summed E-state index contributed by atoms with van der Waals surface area (Å²) in [4.78, 5) is 12.0. The van der Waals surface area contributed by atoms with Gasteiger partial charge in [-0.15, -0.1) is 0 Å². The molecule has 0 N–H and O–H groups in total. The van der Waals surface area contributed by atoms with Crippen molar-refractivity contribution >= 4 is 16.1 Å². The van der Waals surface area contributed by atoms with Crippen LogP contribution in [0.3, 0.4) is 0 Å². The molecule has 0 amide bonds. The normalized spacial score (nSPS) is 14.2. The molecule has 136 valence electrons. The zero-order valence-corrected chi connectivity index (χ0v) is 14.3. The summed E-state index contributed by atoms with van der Waals surface area (Å²) in [6.07, 6.45) is -2.00. The van der Waals surface area contributed by atoms with E-state index in [-0.39, 0.29) is 12.8 Å². The highest BCUT2D eigenvalue weighted by atomic mass is 32.2. The second-order valence-corrected chi connectivity index (χ2v) is 7.61. The second kappa shape index (κ2) is 7.52. The lowest BCUT2D eigenvalue weighted by atomic mass is 10.1. The Morgan fingerprint density at radius 2 is 1.67 bits per heavy atom. The van der Waals surface area contributed by atoms with Crippen LogP contribution in [0.4, 0.5) is 13.2 Å². The molecule has 0 aliphatic carbocycles. The molecule has 5 nitrogen and oxygen atoms in total. The minimum atomic E-state index is -5.90. The molecule has 1 aromatic carbocycles. The van der Waals surface area contributed by atoms with Gasteiger partial charge in [-0.25, -0.2) is 8.98 Å². The number of benzene rings is 1. The molecule has 0 aliphatic rings. The summed E-state index contributed by atoms with van der Waals surface area (Å²) in [6.45, 7) is 4.53. The number of halogens is 3. The minimum Gasteiger partial charge on any atom is -0.458 e. The highest BCUT2D eigenvalue weighted by molar-refractivity contribution is 7.87. The molecule has 0 saturated carbocycles. The molecule has 9 heteroatoms. The van der Waals surface area contributed by atoms with Gasteiger partial charge in [0.05, 0.1) is 0 Å². The van der Waals surface area contributed by atoms with Crippen molar-refractivity contribution in [2.45, 2.75) is 50.8 Å². The Balaban J connectivity index is 2.93. The maximum Gasteiger partial charge on any atom is 0.523 e. The third-order valence-electron chi connectivity index (χ3n) is 2.73. The van der Waals surface area contributed by atoms with Crippen LogP contribution in [0, 0.1) is 0 Å². The van der Waals surface area contributed by atoms with E-state index < -0.39 is 33.3 Å². The molecular weight excluding hydrogens is 349 g/mol. The summed E-state index contributed by atoms with van der Waals surface area (Å²) in [5, 5.41) is 0. The number of esters is 1. The summed E-state index contributed by atoms with van der Waals surface area (Å²) >= 11 is 0. The van der Waals surface area contributed by atoms with E-state index in [0.717, 1.165) is 5.56 Å². The Hall–Kier alpha value is -1.61. The van der Waals surface area contributed by atoms with Gasteiger partial charge in [0.25, 0.3) is 0 Å². The smallest absolute Gasteiger partial charge is 0.458 e. The number of ether oxygens (including phenoxy) is 1. The minimum absolute atomic E-state index is 0.151. The molecule has 0 spiro atoms. The van der Waals surface area contributed by atoms with Crippen molar-refractivity contribution < 1.29 is 35.3 Å². The lowest BCUT2D eigenvalue weighted by Crippen LogP contribution is -2.38. The Morgan fingerprint density at radius 1 is 1.12 bits per heavy atom. The summed E-state index contributed by atoms with van der Waals surface area (Å²) in [7, 11) is -5.90. The van der Waals surface area contributed by atoms with Crippen LogP contribution in [-0.2, 0) is 30.3 Å². The molecule has 0 bridgehead atoms. The van der Waals surface area contributed by atoms with Crippen LogP contribution in [0.5, 0.6) is 0 Å². The zero-order chi connectivity index (χ0) is 18.6. The van der Waals surface area contributed by atoms with Crippen molar-refractivity contribution in [3.63, 3.8) is 0 Å². The first kappa shape index (κ1) is 20.4. The molecule has 0 aliphatic heterocycles. The molecule has 24 heavy (non-hydrogen) atoms. The number of hydrogen-bond donors (Lipinski definition) is 0.